The normalized spacial score (nSPS) is 24.9. The van der Waals surface area contributed by atoms with Crippen LogP contribution in [0.15, 0.2) is 40.4 Å². The van der Waals surface area contributed by atoms with E-state index in [4.69, 9.17) is 0 Å². The average Bonchev–Trinajstić information content (AvgIpc) is 3.26. The third kappa shape index (κ3) is 3.30. The summed E-state index contributed by atoms with van der Waals surface area (Å²) >= 11 is 3.48. The predicted molar refractivity (Wildman–Crippen MR) is 83.6 cm³/mol. The number of carbonyl (C=O) groups is 1. The van der Waals surface area contributed by atoms with Gasteiger partial charge in [-0.25, -0.2) is 0 Å². The van der Waals surface area contributed by atoms with E-state index in [0.29, 0.717) is 12.5 Å². The van der Waals surface area contributed by atoms with Gasteiger partial charge in [-0.05, 0) is 43.0 Å². The Kier molecular flexibility index (Phi) is 4.22. The molecule has 2 aliphatic rings. The van der Waals surface area contributed by atoms with Crippen LogP contribution in [-0.4, -0.2) is 25.5 Å². The second-order valence-corrected chi connectivity index (χ2v) is 6.45. The Hall–Kier alpha value is -1.13. The molecule has 0 spiro atoms. The quantitative estimate of drug-likeness (QED) is 0.831. The van der Waals surface area contributed by atoms with Gasteiger partial charge in [-0.2, -0.15) is 0 Å². The molecule has 1 aromatic carbocycles. The van der Waals surface area contributed by atoms with E-state index in [1.165, 1.54) is 11.1 Å². The van der Waals surface area contributed by atoms with Crippen molar-refractivity contribution in [1.29, 1.82) is 0 Å². The Labute approximate surface area is 128 Å². The van der Waals surface area contributed by atoms with Gasteiger partial charge in [0.1, 0.15) is 0 Å². The zero-order valence-corrected chi connectivity index (χ0v) is 12.9. The Morgan fingerprint density at radius 1 is 1.45 bits per heavy atom. The fourth-order valence-corrected chi connectivity index (χ4v) is 3.17. The van der Waals surface area contributed by atoms with Crippen molar-refractivity contribution in [2.75, 3.05) is 19.6 Å². The standard InChI is InChI=1S/C16H19BrN2O/c17-13-3-1-2-12(8-13)14-9-15(14)16(20)19-10-11-4-6-18-7-5-11/h1-4,8,14-15,18H,5-7,9-10H2,(H,19,20). The smallest absolute Gasteiger partial charge is 0.224 e. The maximum absolute atomic E-state index is 12.2. The molecule has 1 aliphatic carbocycles. The van der Waals surface area contributed by atoms with Crippen LogP contribution in [0.25, 0.3) is 0 Å². The summed E-state index contributed by atoms with van der Waals surface area (Å²) in [6, 6.07) is 8.28. The number of carbonyl (C=O) groups excluding carboxylic acids is 1. The zero-order chi connectivity index (χ0) is 13.9. The van der Waals surface area contributed by atoms with E-state index in [0.717, 1.165) is 30.4 Å². The van der Waals surface area contributed by atoms with Crippen LogP contribution in [0.1, 0.15) is 24.3 Å². The van der Waals surface area contributed by atoms with Crippen molar-refractivity contribution in [3.63, 3.8) is 0 Å². The van der Waals surface area contributed by atoms with Crippen LogP contribution in [0.2, 0.25) is 0 Å². The number of halogens is 1. The predicted octanol–water partition coefficient (Wildman–Crippen LogP) is 2.59. The molecule has 0 radical (unpaired) electrons. The Bertz CT molecular complexity index is 541. The lowest BCUT2D eigenvalue weighted by molar-refractivity contribution is -0.122. The first-order valence-corrected chi connectivity index (χ1v) is 7.95. The van der Waals surface area contributed by atoms with Crippen LogP contribution in [-0.2, 0) is 4.79 Å². The van der Waals surface area contributed by atoms with Crippen molar-refractivity contribution >= 4 is 21.8 Å². The molecule has 1 saturated carbocycles. The minimum Gasteiger partial charge on any atom is -0.352 e. The number of nitrogens with one attached hydrogen (secondary N) is 2. The fraction of sp³-hybridized carbons (Fsp3) is 0.438. The third-order valence-electron chi connectivity index (χ3n) is 4.05. The van der Waals surface area contributed by atoms with E-state index in [-0.39, 0.29) is 11.8 Å². The van der Waals surface area contributed by atoms with Gasteiger partial charge in [0.15, 0.2) is 0 Å². The largest absolute Gasteiger partial charge is 0.352 e. The molecular formula is C16H19BrN2O. The van der Waals surface area contributed by atoms with Crippen molar-refractivity contribution in [2.45, 2.75) is 18.8 Å². The topological polar surface area (TPSA) is 41.1 Å². The first-order valence-electron chi connectivity index (χ1n) is 7.16. The number of rotatable bonds is 4. The molecular weight excluding hydrogens is 316 g/mol. The highest BCUT2D eigenvalue weighted by molar-refractivity contribution is 9.10. The van der Waals surface area contributed by atoms with Crippen LogP contribution in [0.4, 0.5) is 0 Å². The molecule has 4 heteroatoms. The molecule has 1 fully saturated rings. The van der Waals surface area contributed by atoms with Gasteiger partial charge in [-0.3, -0.25) is 4.79 Å². The first-order chi connectivity index (χ1) is 9.74. The summed E-state index contributed by atoms with van der Waals surface area (Å²) in [6.45, 7) is 2.66. The van der Waals surface area contributed by atoms with E-state index in [1.807, 2.05) is 12.1 Å². The minimum absolute atomic E-state index is 0.159. The summed E-state index contributed by atoms with van der Waals surface area (Å²) in [7, 11) is 0. The van der Waals surface area contributed by atoms with E-state index in [9.17, 15) is 4.79 Å². The van der Waals surface area contributed by atoms with Gasteiger partial charge < -0.3 is 10.6 Å². The monoisotopic (exact) mass is 334 g/mol. The summed E-state index contributed by atoms with van der Waals surface area (Å²) in [4.78, 5) is 12.2. The van der Waals surface area contributed by atoms with Crippen LogP contribution in [0.3, 0.4) is 0 Å². The van der Waals surface area contributed by atoms with Crippen LogP contribution < -0.4 is 10.6 Å². The van der Waals surface area contributed by atoms with E-state index in [1.54, 1.807) is 0 Å². The van der Waals surface area contributed by atoms with Gasteiger partial charge in [0.05, 0.1) is 0 Å². The van der Waals surface area contributed by atoms with Gasteiger partial charge in [0, 0.05) is 23.5 Å². The summed E-state index contributed by atoms with van der Waals surface area (Å²) in [5.74, 6) is 0.760. The molecule has 2 atom stereocenters. The lowest BCUT2D eigenvalue weighted by atomic mass is 10.1. The van der Waals surface area contributed by atoms with E-state index < -0.39 is 0 Å². The summed E-state index contributed by atoms with van der Waals surface area (Å²) in [5.41, 5.74) is 2.61. The first kappa shape index (κ1) is 13.8. The summed E-state index contributed by atoms with van der Waals surface area (Å²) in [6.07, 6.45) is 4.20. The van der Waals surface area contributed by atoms with Gasteiger partial charge in [0.25, 0.3) is 0 Å². The highest BCUT2D eigenvalue weighted by Crippen LogP contribution is 2.47. The van der Waals surface area contributed by atoms with Crippen molar-refractivity contribution in [1.82, 2.24) is 10.6 Å². The molecule has 3 rings (SSSR count). The number of hydrogen-bond acceptors (Lipinski definition) is 2. The maximum Gasteiger partial charge on any atom is 0.224 e. The average molecular weight is 335 g/mol. The molecule has 106 valence electrons. The molecule has 1 heterocycles. The molecule has 3 nitrogen and oxygen atoms in total. The lowest BCUT2D eigenvalue weighted by Crippen LogP contribution is -2.30. The highest BCUT2D eigenvalue weighted by Gasteiger charge is 2.43. The van der Waals surface area contributed by atoms with Gasteiger partial charge in [-0.1, -0.05) is 39.7 Å². The lowest BCUT2D eigenvalue weighted by Gasteiger charge is -2.14. The number of amides is 1. The molecule has 1 amide bonds. The molecule has 2 N–H and O–H groups in total. The minimum atomic E-state index is 0.159. The van der Waals surface area contributed by atoms with E-state index in [2.05, 4.69) is 44.8 Å². The molecule has 0 saturated heterocycles. The Morgan fingerprint density at radius 2 is 2.35 bits per heavy atom. The third-order valence-corrected chi connectivity index (χ3v) is 4.54. The van der Waals surface area contributed by atoms with Crippen molar-refractivity contribution in [2.24, 2.45) is 5.92 Å². The molecule has 0 bridgehead atoms. The molecule has 2 unspecified atom stereocenters. The molecule has 1 aromatic rings. The van der Waals surface area contributed by atoms with Crippen LogP contribution in [0.5, 0.6) is 0 Å². The molecule has 20 heavy (non-hydrogen) atoms. The number of benzene rings is 1. The van der Waals surface area contributed by atoms with Crippen molar-refractivity contribution in [3.05, 3.63) is 46.0 Å². The van der Waals surface area contributed by atoms with Gasteiger partial charge in [-0.15, -0.1) is 0 Å². The van der Waals surface area contributed by atoms with Crippen LogP contribution in [0, 0.1) is 5.92 Å². The highest BCUT2D eigenvalue weighted by atomic mass is 79.9. The summed E-state index contributed by atoms with van der Waals surface area (Å²) in [5, 5.41) is 6.36. The second-order valence-electron chi connectivity index (χ2n) is 5.54. The van der Waals surface area contributed by atoms with Gasteiger partial charge >= 0.3 is 0 Å². The molecule has 0 aromatic heterocycles. The zero-order valence-electron chi connectivity index (χ0n) is 11.4. The molecule has 1 aliphatic heterocycles. The number of hydrogen-bond donors (Lipinski definition) is 2. The second kappa shape index (κ2) is 6.10. The SMILES string of the molecule is O=C(NCC1=CCNCC1)C1CC1c1cccc(Br)c1. The fourth-order valence-electron chi connectivity index (χ4n) is 2.75. The van der Waals surface area contributed by atoms with Crippen LogP contribution >= 0.6 is 15.9 Å². The van der Waals surface area contributed by atoms with E-state index >= 15 is 0 Å². The summed E-state index contributed by atoms with van der Waals surface area (Å²) < 4.78 is 1.08. The Morgan fingerprint density at radius 3 is 3.10 bits per heavy atom. The van der Waals surface area contributed by atoms with Crippen molar-refractivity contribution in [3.8, 4) is 0 Å². The maximum atomic E-state index is 12.2. The van der Waals surface area contributed by atoms with Gasteiger partial charge in [0.2, 0.25) is 5.91 Å². The Balaban J connectivity index is 1.51. The van der Waals surface area contributed by atoms with Crippen molar-refractivity contribution < 1.29 is 4.79 Å².